The van der Waals surface area contributed by atoms with Crippen LogP contribution in [0.2, 0.25) is 0 Å². The third-order valence-corrected chi connectivity index (χ3v) is 2.85. The van der Waals surface area contributed by atoms with Gasteiger partial charge in [-0.3, -0.25) is 0 Å². The Morgan fingerprint density at radius 1 is 1.45 bits per heavy atom. The third kappa shape index (κ3) is 1.95. The molecule has 0 saturated carbocycles. The smallest absolute Gasteiger partial charge is 0.358 e. The van der Waals surface area contributed by atoms with Gasteiger partial charge in [-0.25, -0.2) is 9.48 Å². The highest BCUT2D eigenvalue weighted by Crippen LogP contribution is 2.33. The molecule has 0 amide bonds. The second-order valence-corrected chi connectivity index (χ2v) is 4.07. The van der Waals surface area contributed by atoms with E-state index in [0.29, 0.717) is 22.9 Å². The van der Waals surface area contributed by atoms with E-state index in [-0.39, 0.29) is 19.1 Å². The summed E-state index contributed by atoms with van der Waals surface area (Å²) in [5.41, 5.74) is 0.852. The van der Waals surface area contributed by atoms with E-state index in [4.69, 9.17) is 19.3 Å². The zero-order valence-corrected chi connectivity index (χ0v) is 10.6. The number of benzene rings is 1. The number of fused-ring (bicyclic) bond motifs is 1. The Hall–Kier alpha value is -2.61. The summed E-state index contributed by atoms with van der Waals surface area (Å²) in [7, 11) is 1.47. The van der Waals surface area contributed by atoms with Gasteiger partial charge in [0.2, 0.25) is 6.79 Å². The van der Waals surface area contributed by atoms with Crippen molar-refractivity contribution in [3.63, 3.8) is 0 Å². The molecule has 0 saturated heterocycles. The van der Waals surface area contributed by atoms with Gasteiger partial charge in [0.15, 0.2) is 17.2 Å². The molecule has 0 atom stereocenters. The maximum absolute atomic E-state index is 11.1. The van der Waals surface area contributed by atoms with Crippen LogP contribution in [0, 0.1) is 0 Å². The maximum Gasteiger partial charge on any atom is 0.358 e. The van der Waals surface area contributed by atoms with E-state index < -0.39 is 5.97 Å². The van der Waals surface area contributed by atoms with E-state index in [2.05, 4.69) is 10.3 Å². The van der Waals surface area contributed by atoms with Crippen molar-refractivity contribution in [3.05, 3.63) is 29.6 Å². The van der Waals surface area contributed by atoms with Crippen LogP contribution in [0.15, 0.2) is 18.2 Å². The van der Waals surface area contributed by atoms with Gasteiger partial charge in [-0.05, 0) is 12.1 Å². The quantitative estimate of drug-likeness (QED) is 0.884. The molecular weight excluding hydrogens is 266 g/mol. The Labute approximate surface area is 113 Å². The minimum Gasteiger partial charge on any atom is -0.476 e. The largest absolute Gasteiger partial charge is 0.476 e. The topological polar surface area (TPSA) is 95.7 Å². The zero-order chi connectivity index (χ0) is 14.1. The molecule has 0 unspecified atom stereocenters. The lowest BCUT2D eigenvalue weighted by atomic mass is 10.2. The van der Waals surface area contributed by atoms with Gasteiger partial charge in [-0.15, -0.1) is 5.10 Å². The molecule has 0 bridgehead atoms. The van der Waals surface area contributed by atoms with Gasteiger partial charge < -0.3 is 19.3 Å². The number of aromatic carboxylic acids is 1. The molecule has 104 valence electrons. The zero-order valence-electron chi connectivity index (χ0n) is 10.6. The van der Waals surface area contributed by atoms with E-state index in [1.54, 1.807) is 18.2 Å². The van der Waals surface area contributed by atoms with Gasteiger partial charge in [-0.2, -0.15) is 0 Å². The molecule has 20 heavy (non-hydrogen) atoms. The number of carbonyl (C=O) groups is 1. The molecule has 0 radical (unpaired) electrons. The molecular formula is C12H11N3O5. The number of methoxy groups -OCH3 is 1. The Balaban J connectivity index is 2.07. The normalized spacial score (nSPS) is 12.7. The van der Waals surface area contributed by atoms with Crippen molar-refractivity contribution >= 4 is 5.97 Å². The van der Waals surface area contributed by atoms with E-state index in [9.17, 15) is 4.79 Å². The molecule has 2 aromatic rings. The van der Waals surface area contributed by atoms with E-state index in [1.165, 1.54) is 11.8 Å². The molecule has 8 nitrogen and oxygen atoms in total. The highest BCUT2D eigenvalue weighted by molar-refractivity contribution is 5.86. The summed E-state index contributed by atoms with van der Waals surface area (Å²) in [5, 5.41) is 16.6. The molecule has 1 aliphatic rings. The van der Waals surface area contributed by atoms with Crippen LogP contribution in [0.3, 0.4) is 0 Å². The summed E-state index contributed by atoms with van der Waals surface area (Å²) in [6, 6.07) is 5.19. The van der Waals surface area contributed by atoms with E-state index >= 15 is 0 Å². The SMILES string of the molecule is COCc1c(C(=O)O)nnn1-c1ccc2c(c1)OCO2. The number of ether oxygens (including phenoxy) is 3. The molecule has 3 rings (SSSR count). The average molecular weight is 277 g/mol. The predicted octanol–water partition coefficient (Wildman–Crippen LogP) is 0.841. The monoisotopic (exact) mass is 277 g/mol. The molecule has 0 aliphatic carbocycles. The van der Waals surface area contributed by atoms with Crippen molar-refractivity contribution in [2.75, 3.05) is 13.9 Å². The molecule has 8 heteroatoms. The summed E-state index contributed by atoms with van der Waals surface area (Å²) in [4.78, 5) is 11.1. The van der Waals surface area contributed by atoms with Crippen LogP contribution in [0.4, 0.5) is 0 Å². The molecule has 1 N–H and O–H groups in total. The Kier molecular flexibility index (Phi) is 2.99. The summed E-state index contributed by atoms with van der Waals surface area (Å²) in [5.74, 6) is 0.0721. The van der Waals surface area contributed by atoms with Crippen LogP contribution in [0.5, 0.6) is 11.5 Å². The van der Waals surface area contributed by atoms with Crippen LogP contribution in [0.1, 0.15) is 16.2 Å². The molecule has 1 aromatic heterocycles. The number of rotatable bonds is 4. The molecule has 1 aromatic carbocycles. The molecule has 0 fully saturated rings. The number of hydrogen-bond acceptors (Lipinski definition) is 6. The fraction of sp³-hybridized carbons (Fsp3) is 0.250. The Bertz CT molecular complexity index is 667. The number of aromatic nitrogens is 3. The summed E-state index contributed by atoms with van der Waals surface area (Å²) in [6.07, 6.45) is 0. The summed E-state index contributed by atoms with van der Waals surface area (Å²) >= 11 is 0. The second kappa shape index (κ2) is 4.82. The maximum atomic E-state index is 11.1. The van der Waals surface area contributed by atoms with E-state index in [0.717, 1.165) is 0 Å². The predicted molar refractivity (Wildman–Crippen MR) is 65.2 cm³/mol. The van der Waals surface area contributed by atoms with Crippen molar-refractivity contribution in [3.8, 4) is 17.2 Å². The van der Waals surface area contributed by atoms with Crippen molar-refractivity contribution in [1.29, 1.82) is 0 Å². The fourth-order valence-electron chi connectivity index (χ4n) is 1.96. The Morgan fingerprint density at radius 3 is 3.00 bits per heavy atom. The third-order valence-electron chi connectivity index (χ3n) is 2.85. The highest BCUT2D eigenvalue weighted by Gasteiger charge is 2.21. The van der Waals surface area contributed by atoms with Crippen molar-refractivity contribution in [2.45, 2.75) is 6.61 Å². The Morgan fingerprint density at radius 2 is 2.25 bits per heavy atom. The lowest BCUT2D eigenvalue weighted by Crippen LogP contribution is -2.07. The first-order valence-electron chi connectivity index (χ1n) is 5.77. The second-order valence-electron chi connectivity index (χ2n) is 4.07. The molecule has 2 heterocycles. The number of carboxylic acid groups (broad SMARTS) is 1. The van der Waals surface area contributed by atoms with Gasteiger partial charge in [0, 0.05) is 13.2 Å². The van der Waals surface area contributed by atoms with E-state index in [1.807, 2.05) is 0 Å². The minimum atomic E-state index is -1.15. The fourth-order valence-corrected chi connectivity index (χ4v) is 1.96. The highest BCUT2D eigenvalue weighted by atomic mass is 16.7. The first kappa shape index (κ1) is 12.4. The van der Waals surface area contributed by atoms with Crippen LogP contribution in [0.25, 0.3) is 5.69 Å². The number of carboxylic acids is 1. The number of hydrogen-bond donors (Lipinski definition) is 1. The number of nitrogens with zero attached hydrogens (tertiary/aromatic N) is 3. The van der Waals surface area contributed by atoms with Crippen molar-refractivity contribution in [1.82, 2.24) is 15.0 Å². The van der Waals surface area contributed by atoms with Gasteiger partial charge in [0.1, 0.15) is 5.69 Å². The van der Waals surface area contributed by atoms with Gasteiger partial charge in [0.25, 0.3) is 0 Å². The van der Waals surface area contributed by atoms with Crippen LogP contribution in [-0.2, 0) is 11.3 Å². The van der Waals surface area contributed by atoms with Gasteiger partial charge in [0.05, 0.1) is 12.3 Å². The lowest BCUT2D eigenvalue weighted by Gasteiger charge is -2.07. The van der Waals surface area contributed by atoms with Crippen molar-refractivity contribution in [2.24, 2.45) is 0 Å². The van der Waals surface area contributed by atoms with Crippen LogP contribution < -0.4 is 9.47 Å². The first-order valence-corrected chi connectivity index (χ1v) is 5.77. The first-order chi connectivity index (χ1) is 9.70. The minimum absolute atomic E-state index is 0.0864. The molecule has 0 spiro atoms. The summed E-state index contributed by atoms with van der Waals surface area (Å²) < 4.78 is 16.9. The van der Waals surface area contributed by atoms with Crippen molar-refractivity contribution < 1.29 is 24.1 Å². The summed E-state index contributed by atoms with van der Waals surface area (Å²) in [6.45, 7) is 0.254. The van der Waals surface area contributed by atoms with Crippen LogP contribution >= 0.6 is 0 Å². The van der Waals surface area contributed by atoms with Gasteiger partial charge in [-0.1, -0.05) is 5.21 Å². The lowest BCUT2D eigenvalue weighted by molar-refractivity contribution is 0.0685. The standard InChI is InChI=1S/C12H11N3O5/c1-18-5-8-11(12(16)17)13-14-15(8)7-2-3-9-10(4-7)20-6-19-9/h2-4H,5-6H2,1H3,(H,16,17). The average Bonchev–Trinajstić information content (AvgIpc) is 3.04. The van der Waals surface area contributed by atoms with Crippen LogP contribution in [-0.4, -0.2) is 40.0 Å². The molecule has 1 aliphatic heterocycles. The van der Waals surface area contributed by atoms with Gasteiger partial charge >= 0.3 is 5.97 Å².